The van der Waals surface area contributed by atoms with Crippen molar-refractivity contribution in [3.63, 3.8) is 0 Å². The molecular formula is C17H17BrN4O. The molecule has 0 atom stereocenters. The van der Waals surface area contributed by atoms with Crippen molar-refractivity contribution in [2.45, 2.75) is 12.8 Å². The van der Waals surface area contributed by atoms with E-state index in [4.69, 9.17) is 0 Å². The van der Waals surface area contributed by atoms with Crippen LogP contribution in [-0.2, 0) is 6.42 Å². The summed E-state index contributed by atoms with van der Waals surface area (Å²) in [5, 5.41) is 3.12. The molecule has 3 rings (SSSR count). The molecule has 23 heavy (non-hydrogen) atoms. The van der Waals surface area contributed by atoms with E-state index in [2.05, 4.69) is 31.2 Å². The van der Waals surface area contributed by atoms with Crippen molar-refractivity contribution in [3.8, 4) is 0 Å². The predicted molar refractivity (Wildman–Crippen MR) is 92.8 cm³/mol. The average Bonchev–Trinajstić information content (AvgIpc) is 2.93. The highest BCUT2D eigenvalue weighted by Crippen LogP contribution is 2.19. The highest BCUT2D eigenvalue weighted by Gasteiger charge is 2.20. The quantitative estimate of drug-likeness (QED) is 0.533. The Kier molecular flexibility index (Phi) is 4.83. The van der Waals surface area contributed by atoms with Crippen molar-refractivity contribution in [2.75, 3.05) is 13.6 Å². The molecule has 0 aliphatic heterocycles. The number of halogens is 1. The zero-order valence-electron chi connectivity index (χ0n) is 12.8. The first-order chi connectivity index (χ1) is 11.2. The lowest BCUT2D eigenvalue weighted by Gasteiger charge is -2.05. The molecule has 0 aliphatic carbocycles. The van der Waals surface area contributed by atoms with Crippen LogP contribution in [0.4, 0.5) is 0 Å². The van der Waals surface area contributed by atoms with Gasteiger partial charge >= 0.3 is 0 Å². The Morgan fingerprint density at radius 3 is 2.83 bits per heavy atom. The van der Waals surface area contributed by atoms with Crippen molar-refractivity contribution in [1.29, 1.82) is 0 Å². The fourth-order valence-electron chi connectivity index (χ4n) is 2.52. The summed E-state index contributed by atoms with van der Waals surface area (Å²) in [6.45, 7) is 0.882. The van der Waals surface area contributed by atoms with E-state index in [9.17, 15) is 4.79 Å². The summed E-state index contributed by atoms with van der Waals surface area (Å²) in [4.78, 5) is 21.8. The second kappa shape index (κ2) is 7.02. The van der Waals surface area contributed by atoms with Crippen molar-refractivity contribution in [2.24, 2.45) is 0 Å². The van der Waals surface area contributed by atoms with Crippen molar-refractivity contribution < 1.29 is 4.79 Å². The zero-order chi connectivity index (χ0) is 16.2. The molecule has 0 saturated heterocycles. The van der Waals surface area contributed by atoms with E-state index in [1.165, 1.54) is 0 Å². The standard InChI is InChI=1S/C17H17BrN4O/c1-19-9-2-4-14-15(22-11-3-10-20-17(22)21-14)16(23)12-5-7-13(18)8-6-12/h3,5-8,10-11,19H,2,4,9H2,1H3. The first-order valence-electron chi connectivity index (χ1n) is 7.47. The lowest BCUT2D eigenvalue weighted by Crippen LogP contribution is -2.11. The number of aryl methyl sites for hydroxylation is 1. The van der Waals surface area contributed by atoms with Crippen LogP contribution < -0.4 is 5.32 Å². The number of hydrogen-bond acceptors (Lipinski definition) is 4. The smallest absolute Gasteiger partial charge is 0.234 e. The van der Waals surface area contributed by atoms with Crippen LogP contribution in [0.5, 0.6) is 0 Å². The molecule has 0 bridgehead atoms. The van der Waals surface area contributed by atoms with Gasteiger partial charge in [0, 0.05) is 22.4 Å². The van der Waals surface area contributed by atoms with E-state index in [1.54, 1.807) is 10.6 Å². The summed E-state index contributed by atoms with van der Waals surface area (Å²) in [7, 11) is 1.92. The summed E-state index contributed by atoms with van der Waals surface area (Å²) >= 11 is 3.39. The molecule has 0 spiro atoms. The molecule has 2 aromatic heterocycles. The number of nitrogens with one attached hydrogen (secondary N) is 1. The molecule has 6 heteroatoms. The number of carbonyl (C=O) groups excluding carboxylic acids is 1. The molecule has 0 aliphatic rings. The van der Waals surface area contributed by atoms with Gasteiger partial charge in [-0.05, 0) is 56.8 Å². The molecule has 5 nitrogen and oxygen atoms in total. The first kappa shape index (κ1) is 15.8. The Morgan fingerprint density at radius 1 is 1.30 bits per heavy atom. The summed E-state index contributed by atoms with van der Waals surface area (Å²) in [6.07, 6.45) is 5.18. The Hall–Kier alpha value is -2.05. The lowest BCUT2D eigenvalue weighted by molar-refractivity contribution is 0.103. The minimum atomic E-state index is -0.0301. The van der Waals surface area contributed by atoms with E-state index in [1.807, 2.05) is 43.6 Å². The molecule has 0 fully saturated rings. The minimum Gasteiger partial charge on any atom is -0.320 e. The van der Waals surface area contributed by atoms with E-state index < -0.39 is 0 Å². The van der Waals surface area contributed by atoms with E-state index in [-0.39, 0.29) is 5.78 Å². The SMILES string of the molecule is CNCCCc1nc2ncccn2c1C(=O)c1ccc(Br)cc1. The van der Waals surface area contributed by atoms with Crippen LogP contribution in [0, 0.1) is 0 Å². The maximum atomic E-state index is 13.0. The van der Waals surface area contributed by atoms with Crippen molar-refractivity contribution in [3.05, 3.63) is 64.1 Å². The number of benzene rings is 1. The third-order valence-corrected chi connectivity index (χ3v) is 4.17. The Morgan fingerprint density at radius 2 is 2.09 bits per heavy atom. The number of hydrogen-bond donors (Lipinski definition) is 1. The van der Waals surface area contributed by atoms with Crippen LogP contribution >= 0.6 is 15.9 Å². The summed E-state index contributed by atoms with van der Waals surface area (Å²) in [5.74, 6) is 0.532. The van der Waals surface area contributed by atoms with Gasteiger partial charge in [-0.3, -0.25) is 9.20 Å². The summed E-state index contributed by atoms with van der Waals surface area (Å²) < 4.78 is 2.72. The molecule has 3 aromatic rings. The van der Waals surface area contributed by atoms with E-state index in [0.29, 0.717) is 17.0 Å². The first-order valence-corrected chi connectivity index (χ1v) is 8.27. The molecule has 0 radical (unpaired) electrons. The zero-order valence-corrected chi connectivity index (χ0v) is 14.4. The van der Waals surface area contributed by atoms with Gasteiger partial charge in [-0.25, -0.2) is 9.97 Å². The van der Waals surface area contributed by atoms with Crippen molar-refractivity contribution in [1.82, 2.24) is 19.7 Å². The van der Waals surface area contributed by atoms with Crippen LogP contribution in [0.2, 0.25) is 0 Å². The number of rotatable bonds is 6. The largest absolute Gasteiger partial charge is 0.320 e. The van der Waals surface area contributed by atoms with Crippen LogP contribution in [-0.4, -0.2) is 33.7 Å². The number of ketones is 1. The summed E-state index contributed by atoms with van der Waals surface area (Å²) in [5.41, 5.74) is 2.05. The molecule has 118 valence electrons. The van der Waals surface area contributed by atoms with Crippen molar-refractivity contribution >= 4 is 27.5 Å². The van der Waals surface area contributed by atoms with Gasteiger partial charge in [0.2, 0.25) is 11.6 Å². The predicted octanol–water partition coefficient (Wildman–Crippen LogP) is 2.87. The third kappa shape index (κ3) is 3.33. The lowest BCUT2D eigenvalue weighted by atomic mass is 10.0. The fraction of sp³-hybridized carbons (Fsp3) is 0.235. The van der Waals surface area contributed by atoms with Crippen LogP contribution in [0.3, 0.4) is 0 Å². The van der Waals surface area contributed by atoms with E-state index in [0.717, 1.165) is 29.6 Å². The normalized spacial score (nSPS) is 11.0. The number of fused-ring (bicyclic) bond motifs is 1. The Balaban J connectivity index is 2.04. The number of aromatic nitrogens is 3. The van der Waals surface area contributed by atoms with Gasteiger partial charge in [-0.2, -0.15) is 0 Å². The van der Waals surface area contributed by atoms with Crippen LogP contribution in [0.1, 0.15) is 28.2 Å². The highest BCUT2D eigenvalue weighted by atomic mass is 79.9. The minimum absolute atomic E-state index is 0.0301. The van der Waals surface area contributed by atoms with Gasteiger partial charge in [0.1, 0.15) is 5.69 Å². The van der Waals surface area contributed by atoms with Gasteiger partial charge in [-0.1, -0.05) is 15.9 Å². The second-order valence-electron chi connectivity index (χ2n) is 5.24. The van der Waals surface area contributed by atoms with Crippen LogP contribution in [0.15, 0.2) is 47.2 Å². The van der Waals surface area contributed by atoms with Gasteiger partial charge in [0.15, 0.2) is 0 Å². The highest BCUT2D eigenvalue weighted by molar-refractivity contribution is 9.10. The fourth-order valence-corrected chi connectivity index (χ4v) is 2.78. The number of imidazole rings is 1. The molecule has 1 N–H and O–H groups in total. The maximum Gasteiger partial charge on any atom is 0.234 e. The number of carbonyl (C=O) groups is 1. The molecule has 1 aromatic carbocycles. The van der Waals surface area contributed by atoms with Gasteiger partial charge in [-0.15, -0.1) is 0 Å². The topological polar surface area (TPSA) is 59.3 Å². The Labute approximate surface area is 142 Å². The molecule has 0 amide bonds. The third-order valence-electron chi connectivity index (χ3n) is 3.64. The van der Waals surface area contributed by atoms with Gasteiger partial charge in [0.25, 0.3) is 0 Å². The second-order valence-corrected chi connectivity index (χ2v) is 6.16. The van der Waals surface area contributed by atoms with Gasteiger partial charge in [0.05, 0.1) is 5.69 Å². The average molecular weight is 373 g/mol. The molecule has 2 heterocycles. The van der Waals surface area contributed by atoms with E-state index >= 15 is 0 Å². The summed E-state index contributed by atoms with van der Waals surface area (Å²) in [6, 6.07) is 9.19. The molecule has 0 unspecified atom stereocenters. The monoisotopic (exact) mass is 372 g/mol. The van der Waals surface area contributed by atoms with Crippen LogP contribution in [0.25, 0.3) is 5.78 Å². The molecular weight excluding hydrogens is 356 g/mol. The Bertz CT molecular complexity index is 826. The maximum absolute atomic E-state index is 13.0. The molecule has 0 saturated carbocycles. The van der Waals surface area contributed by atoms with Gasteiger partial charge < -0.3 is 5.32 Å². The number of nitrogens with zero attached hydrogens (tertiary/aromatic N) is 3.